The summed E-state index contributed by atoms with van der Waals surface area (Å²) in [5, 5.41) is 2.79. The minimum Gasteiger partial charge on any atom is -0.356 e. The molecule has 24 heavy (non-hydrogen) atoms. The molecule has 0 amide bonds. The largest absolute Gasteiger partial charge is 0.390 e. The van der Waals surface area contributed by atoms with Crippen LogP contribution in [-0.2, 0) is 6.54 Å². The molecule has 1 N–H and O–H groups in total. The summed E-state index contributed by atoms with van der Waals surface area (Å²) in [5.41, 5.74) is 0. The van der Waals surface area contributed by atoms with Gasteiger partial charge >= 0.3 is 6.18 Å². The van der Waals surface area contributed by atoms with Crippen LogP contribution in [0.25, 0.3) is 0 Å². The molecule has 0 spiro atoms. The van der Waals surface area contributed by atoms with E-state index < -0.39 is 12.6 Å². The predicted octanol–water partition coefficient (Wildman–Crippen LogP) is 3.66. The molecule has 0 atom stereocenters. The van der Waals surface area contributed by atoms with E-state index in [4.69, 9.17) is 11.6 Å². The average molecular weight is 497 g/mol. The van der Waals surface area contributed by atoms with Crippen LogP contribution in [0, 0.1) is 0 Å². The molecule has 138 valence electrons. The lowest BCUT2D eigenvalue weighted by Crippen LogP contribution is -2.52. The van der Waals surface area contributed by atoms with E-state index in [1.807, 2.05) is 17.0 Å². The third kappa shape index (κ3) is 7.32. The second kappa shape index (κ2) is 10.0. The molecule has 0 bridgehead atoms. The first kappa shape index (κ1) is 21.8. The minimum atomic E-state index is -4.15. The minimum absolute atomic E-state index is 0. The van der Waals surface area contributed by atoms with Crippen LogP contribution < -0.4 is 5.32 Å². The van der Waals surface area contributed by atoms with Gasteiger partial charge in [-0.2, -0.15) is 13.2 Å². The summed E-state index contributed by atoms with van der Waals surface area (Å²) < 4.78 is 37.4. The van der Waals surface area contributed by atoms with Crippen LogP contribution in [0.5, 0.6) is 0 Å². The Morgan fingerprint density at radius 3 is 2.46 bits per heavy atom. The molecule has 1 aliphatic rings. The van der Waals surface area contributed by atoms with Gasteiger partial charge in [0.25, 0.3) is 0 Å². The lowest BCUT2D eigenvalue weighted by molar-refractivity contribution is -0.132. The average Bonchev–Trinajstić information content (AvgIpc) is 2.89. The van der Waals surface area contributed by atoms with Gasteiger partial charge in [0, 0.05) is 51.2 Å². The van der Waals surface area contributed by atoms with Gasteiger partial charge in [-0.1, -0.05) is 11.6 Å². The number of halogens is 5. The first-order valence-corrected chi connectivity index (χ1v) is 8.56. The maximum atomic E-state index is 12.2. The molecule has 1 aromatic rings. The first-order valence-electron chi connectivity index (χ1n) is 7.36. The molecule has 0 aliphatic carbocycles. The van der Waals surface area contributed by atoms with Crippen molar-refractivity contribution in [1.82, 2.24) is 15.1 Å². The van der Waals surface area contributed by atoms with Gasteiger partial charge in [0.05, 0.1) is 10.8 Å². The number of piperazine rings is 1. The second-order valence-electron chi connectivity index (χ2n) is 5.31. The fourth-order valence-electron chi connectivity index (χ4n) is 2.42. The Morgan fingerprint density at radius 1 is 1.29 bits per heavy atom. The van der Waals surface area contributed by atoms with E-state index in [2.05, 4.69) is 15.2 Å². The van der Waals surface area contributed by atoms with Gasteiger partial charge in [0.2, 0.25) is 0 Å². The van der Waals surface area contributed by atoms with E-state index in [1.165, 1.54) is 4.88 Å². The van der Waals surface area contributed by atoms with Crippen molar-refractivity contribution in [3.05, 3.63) is 21.3 Å². The Morgan fingerprint density at radius 2 is 1.96 bits per heavy atom. The van der Waals surface area contributed by atoms with Crippen LogP contribution in [-0.4, -0.2) is 61.7 Å². The molecule has 1 fully saturated rings. The molecule has 0 aromatic carbocycles. The van der Waals surface area contributed by atoms with E-state index >= 15 is 0 Å². The molecule has 2 rings (SSSR count). The lowest BCUT2D eigenvalue weighted by Gasteiger charge is -2.36. The van der Waals surface area contributed by atoms with Gasteiger partial charge in [-0.3, -0.25) is 9.89 Å². The molecule has 10 heteroatoms. The third-order valence-corrected chi connectivity index (χ3v) is 4.80. The van der Waals surface area contributed by atoms with E-state index in [0.29, 0.717) is 5.96 Å². The highest BCUT2D eigenvalue weighted by Crippen LogP contribution is 2.23. The van der Waals surface area contributed by atoms with E-state index in [0.717, 1.165) is 37.1 Å². The van der Waals surface area contributed by atoms with Crippen LogP contribution in [0.3, 0.4) is 0 Å². The molecular weight excluding hydrogens is 476 g/mol. The van der Waals surface area contributed by atoms with Gasteiger partial charge in [-0.15, -0.1) is 35.3 Å². The zero-order chi connectivity index (χ0) is 16.9. The highest BCUT2D eigenvalue weighted by Gasteiger charge is 2.27. The Bertz CT molecular complexity index is 530. The number of hydrogen-bond donors (Lipinski definition) is 1. The highest BCUT2D eigenvalue weighted by atomic mass is 127. The number of guanidine groups is 1. The van der Waals surface area contributed by atoms with Crippen LogP contribution in [0.1, 0.15) is 11.3 Å². The number of aliphatic imine (C=N–C) groups is 1. The Balaban J connectivity index is 0.00000288. The Kier molecular flexibility index (Phi) is 9.10. The standard InChI is InChI=1S/C14H20ClF3N4S.HI/c1-19-13(20-5-4-14(16,17)18)22-8-6-21(7-9-22)10-11-2-3-12(15)23-11;/h2-3H,4-10H2,1H3,(H,19,20);1H. The van der Waals surface area contributed by atoms with Crippen LogP contribution in [0.2, 0.25) is 4.34 Å². The zero-order valence-electron chi connectivity index (χ0n) is 13.3. The Labute approximate surface area is 166 Å². The summed E-state index contributed by atoms with van der Waals surface area (Å²) in [4.78, 5) is 9.59. The van der Waals surface area contributed by atoms with Crippen molar-refractivity contribution in [2.24, 2.45) is 4.99 Å². The summed E-state index contributed by atoms with van der Waals surface area (Å²) >= 11 is 7.50. The van der Waals surface area contributed by atoms with Gasteiger partial charge in [-0.05, 0) is 12.1 Å². The van der Waals surface area contributed by atoms with Crippen molar-refractivity contribution in [2.45, 2.75) is 19.1 Å². The summed E-state index contributed by atoms with van der Waals surface area (Å²) in [6.45, 7) is 3.87. The van der Waals surface area contributed by atoms with Gasteiger partial charge in [0.15, 0.2) is 5.96 Å². The smallest absolute Gasteiger partial charge is 0.356 e. The second-order valence-corrected chi connectivity index (χ2v) is 7.11. The van der Waals surface area contributed by atoms with E-state index in [-0.39, 0.29) is 30.5 Å². The fraction of sp³-hybridized carbons (Fsp3) is 0.643. The number of thiophene rings is 1. The molecule has 2 heterocycles. The topological polar surface area (TPSA) is 30.9 Å². The van der Waals surface area contributed by atoms with Crippen molar-refractivity contribution in [1.29, 1.82) is 0 Å². The molecule has 1 aliphatic heterocycles. The fourth-order valence-corrected chi connectivity index (χ4v) is 3.55. The zero-order valence-corrected chi connectivity index (χ0v) is 17.2. The number of nitrogens with zero attached hydrogens (tertiary/aromatic N) is 3. The summed E-state index contributed by atoms with van der Waals surface area (Å²) in [6, 6.07) is 3.92. The quantitative estimate of drug-likeness (QED) is 0.392. The number of nitrogens with one attached hydrogen (secondary N) is 1. The molecule has 0 radical (unpaired) electrons. The van der Waals surface area contributed by atoms with Crippen molar-refractivity contribution >= 4 is 52.9 Å². The van der Waals surface area contributed by atoms with Gasteiger partial charge in [0.1, 0.15) is 0 Å². The molecule has 4 nitrogen and oxygen atoms in total. The molecule has 1 aromatic heterocycles. The summed E-state index contributed by atoms with van der Waals surface area (Å²) in [6.07, 6.45) is -5.00. The lowest BCUT2D eigenvalue weighted by atomic mass is 10.3. The first-order chi connectivity index (χ1) is 10.9. The SMILES string of the molecule is CN=C(NCCC(F)(F)F)N1CCN(Cc2ccc(Cl)s2)CC1.I. The monoisotopic (exact) mass is 496 g/mol. The number of rotatable bonds is 4. The van der Waals surface area contributed by atoms with Crippen molar-refractivity contribution in [2.75, 3.05) is 39.8 Å². The van der Waals surface area contributed by atoms with Crippen molar-refractivity contribution < 1.29 is 13.2 Å². The van der Waals surface area contributed by atoms with Gasteiger partial charge in [-0.25, -0.2) is 0 Å². The summed E-state index contributed by atoms with van der Waals surface area (Å²) in [5.74, 6) is 0.535. The van der Waals surface area contributed by atoms with Gasteiger partial charge < -0.3 is 10.2 Å². The maximum absolute atomic E-state index is 12.2. The number of hydrogen-bond acceptors (Lipinski definition) is 3. The number of alkyl halides is 3. The Hall–Kier alpha value is -0.260. The summed E-state index contributed by atoms with van der Waals surface area (Å²) in [7, 11) is 1.59. The van der Waals surface area contributed by atoms with Crippen molar-refractivity contribution in [3.8, 4) is 0 Å². The molecule has 0 unspecified atom stereocenters. The normalized spacial score (nSPS) is 16.9. The van der Waals surface area contributed by atoms with Crippen LogP contribution in [0.4, 0.5) is 13.2 Å². The third-order valence-electron chi connectivity index (χ3n) is 3.58. The predicted molar refractivity (Wildman–Crippen MR) is 104 cm³/mol. The maximum Gasteiger partial charge on any atom is 0.390 e. The highest BCUT2D eigenvalue weighted by molar-refractivity contribution is 14.0. The van der Waals surface area contributed by atoms with Crippen LogP contribution in [0.15, 0.2) is 17.1 Å². The molecule has 1 saturated heterocycles. The van der Waals surface area contributed by atoms with E-state index in [9.17, 15) is 13.2 Å². The van der Waals surface area contributed by atoms with Crippen LogP contribution >= 0.6 is 46.9 Å². The molecular formula is C14H21ClF3IN4S. The van der Waals surface area contributed by atoms with E-state index in [1.54, 1.807) is 18.4 Å². The molecule has 0 saturated carbocycles. The van der Waals surface area contributed by atoms with Crippen molar-refractivity contribution in [3.63, 3.8) is 0 Å².